The van der Waals surface area contributed by atoms with Gasteiger partial charge in [0, 0.05) is 0 Å². The maximum atomic E-state index is 2.50. The summed E-state index contributed by atoms with van der Waals surface area (Å²) in [6, 6.07) is 73.4. The fraction of sp³-hybridized carbons (Fsp3) is 0.0182. The Morgan fingerprint density at radius 1 is 0.255 bits per heavy atom. The molecule has 0 amide bonds. The van der Waals surface area contributed by atoms with Crippen molar-refractivity contribution in [2.24, 2.45) is 0 Å². The van der Waals surface area contributed by atoms with E-state index in [1.807, 2.05) is 0 Å². The molecule has 0 atom stereocenters. The van der Waals surface area contributed by atoms with E-state index in [0.717, 1.165) is 0 Å². The van der Waals surface area contributed by atoms with Crippen molar-refractivity contribution in [1.29, 1.82) is 0 Å². The van der Waals surface area contributed by atoms with Crippen LogP contribution in [0.15, 0.2) is 194 Å². The van der Waals surface area contributed by atoms with Crippen LogP contribution in [0.25, 0.3) is 98.0 Å². The third kappa shape index (κ3) is 3.67. The smallest absolute Gasteiger partial charge is 0.0619 e. The van der Waals surface area contributed by atoms with Crippen LogP contribution >= 0.6 is 0 Å². The van der Waals surface area contributed by atoms with Gasteiger partial charge in [-0.05, 0) is 145 Å². The Morgan fingerprint density at radius 2 is 0.673 bits per heavy atom. The van der Waals surface area contributed by atoms with Crippen LogP contribution in [-0.4, -0.2) is 0 Å². The molecule has 1 spiro atoms. The minimum atomic E-state index is -0.450. The molecule has 0 fully saturated rings. The van der Waals surface area contributed by atoms with Gasteiger partial charge in [0.25, 0.3) is 0 Å². The molecule has 2 aliphatic carbocycles. The minimum Gasteiger partial charge on any atom is -0.0619 e. The molecule has 0 unspecified atom stereocenters. The highest BCUT2D eigenvalue weighted by Gasteiger charge is 2.53. The molecule has 2 aliphatic rings. The first-order chi connectivity index (χ1) is 27.3. The molecule has 11 aromatic carbocycles. The van der Waals surface area contributed by atoms with Crippen LogP contribution in [-0.2, 0) is 5.41 Å². The average molecular weight is 693 g/mol. The summed E-state index contributed by atoms with van der Waals surface area (Å²) in [4.78, 5) is 0. The van der Waals surface area contributed by atoms with E-state index in [1.165, 1.54) is 120 Å². The lowest BCUT2D eigenvalue weighted by Crippen LogP contribution is -2.26. The van der Waals surface area contributed by atoms with Crippen molar-refractivity contribution in [3.63, 3.8) is 0 Å². The summed E-state index contributed by atoms with van der Waals surface area (Å²) < 4.78 is 0. The highest BCUT2D eigenvalue weighted by Crippen LogP contribution is 2.65. The normalized spacial score (nSPS) is 13.6. The number of hydrogen-bond donors (Lipinski definition) is 0. The van der Waals surface area contributed by atoms with Gasteiger partial charge in [0.1, 0.15) is 0 Å². The van der Waals surface area contributed by atoms with E-state index in [4.69, 9.17) is 0 Å². The van der Waals surface area contributed by atoms with E-state index in [-0.39, 0.29) is 0 Å². The predicted octanol–water partition coefficient (Wildman–Crippen LogP) is 14.6. The van der Waals surface area contributed by atoms with Crippen LogP contribution in [0, 0.1) is 0 Å². The predicted molar refractivity (Wildman–Crippen MR) is 233 cm³/mol. The maximum Gasteiger partial charge on any atom is 0.0731 e. The summed E-state index contributed by atoms with van der Waals surface area (Å²) in [6.45, 7) is 0. The van der Waals surface area contributed by atoms with Crippen molar-refractivity contribution in [2.45, 2.75) is 5.41 Å². The number of benzene rings is 11. The van der Waals surface area contributed by atoms with Crippen molar-refractivity contribution in [1.82, 2.24) is 0 Å². The highest BCUT2D eigenvalue weighted by atomic mass is 14.5. The minimum absolute atomic E-state index is 0.450. The zero-order chi connectivity index (χ0) is 35.8. The molecule has 11 aromatic rings. The Hall–Kier alpha value is -7.02. The standard InChI is InChI=1S/C55H32/c1-2-14-34-32-52-49(31-33(34)13-1)53-45-22-8-7-19-41(45)48-30-36(35-25-27-42-39-17-4-3-15-37(39)38-16-5-6-18-40(38)47(42)29-35)26-28-46(48)54(53)55(52)50-23-11-9-20-43(50)44-21-10-12-24-51(44)55/h1-32H. The summed E-state index contributed by atoms with van der Waals surface area (Å²) in [6.07, 6.45) is 0. The van der Waals surface area contributed by atoms with E-state index in [0.29, 0.717) is 0 Å². The largest absolute Gasteiger partial charge is 0.0731 e. The number of fused-ring (bicyclic) bond motifs is 22. The van der Waals surface area contributed by atoms with Crippen LogP contribution in [0.3, 0.4) is 0 Å². The van der Waals surface area contributed by atoms with Crippen molar-refractivity contribution < 1.29 is 0 Å². The molecule has 252 valence electrons. The van der Waals surface area contributed by atoms with Crippen LogP contribution in [0.5, 0.6) is 0 Å². The third-order valence-corrected chi connectivity index (χ3v) is 13.0. The highest BCUT2D eigenvalue weighted by molar-refractivity contribution is 6.26. The van der Waals surface area contributed by atoms with Gasteiger partial charge in [-0.25, -0.2) is 0 Å². The maximum absolute atomic E-state index is 2.50. The lowest BCUT2D eigenvalue weighted by atomic mass is 9.69. The molecule has 0 heteroatoms. The molecule has 0 radical (unpaired) electrons. The monoisotopic (exact) mass is 692 g/mol. The quantitative estimate of drug-likeness (QED) is 0.150. The Balaban J connectivity index is 1.16. The fourth-order valence-electron chi connectivity index (χ4n) is 10.8. The Kier molecular flexibility index (Phi) is 5.65. The van der Waals surface area contributed by atoms with Gasteiger partial charge in [-0.2, -0.15) is 0 Å². The molecule has 0 aliphatic heterocycles. The molecule has 55 heavy (non-hydrogen) atoms. The van der Waals surface area contributed by atoms with Crippen LogP contribution in [0.4, 0.5) is 0 Å². The van der Waals surface area contributed by atoms with Gasteiger partial charge >= 0.3 is 0 Å². The number of rotatable bonds is 1. The van der Waals surface area contributed by atoms with Crippen molar-refractivity contribution >= 4 is 64.6 Å². The Labute approximate surface area is 318 Å². The summed E-state index contributed by atoms with van der Waals surface area (Å²) in [5.74, 6) is 0. The van der Waals surface area contributed by atoms with Gasteiger partial charge in [-0.15, -0.1) is 0 Å². The second-order valence-electron chi connectivity index (χ2n) is 15.5. The molecule has 0 N–H and O–H groups in total. The van der Waals surface area contributed by atoms with E-state index in [1.54, 1.807) is 0 Å². The van der Waals surface area contributed by atoms with Gasteiger partial charge in [0.2, 0.25) is 0 Å². The first kappa shape index (κ1) is 29.4. The van der Waals surface area contributed by atoms with Crippen molar-refractivity contribution in [3.05, 3.63) is 216 Å². The van der Waals surface area contributed by atoms with Crippen molar-refractivity contribution in [3.8, 4) is 33.4 Å². The second-order valence-corrected chi connectivity index (χ2v) is 15.5. The molecule has 0 saturated carbocycles. The van der Waals surface area contributed by atoms with Gasteiger partial charge in [-0.3, -0.25) is 0 Å². The van der Waals surface area contributed by atoms with Crippen LogP contribution in [0.2, 0.25) is 0 Å². The number of hydrogen-bond acceptors (Lipinski definition) is 0. The van der Waals surface area contributed by atoms with Gasteiger partial charge in [-0.1, -0.05) is 170 Å². The summed E-state index contributed by atoms with van der Waals surface area (Å²) >= 11 is 0. The first-order valence-electron chi connectivity index (χ1n) is 19.3. The average Bonchev–Trinajstić information content (AvgIpc) is 3.72. The van der Waals surface area contributed by atoms with Crippen LogP contribution in [0.1, 0.15) is 22.3 Å². The van der Waals surface area contributed by atoms with Crippen LogP contribution < -0.4 is 0 Å². The fourth-order valence-corrected chi connectivity index (χ4v) is 10.8. The molecule has 13 rings (SSSR count). The zero-order valence-electron chi connectivity index (χ0n) is 30.0. The molecule has 0 nitrogen and oxygen atoms in total. The summed E-state index contributed by atoms with van der Waals surface area (Å²) in [5.41, 5.74) is 12.9. The topological polar surface area (TPSA) is 0 Å². The lowest BCUT2D eigenvalue weighted by Gasteiger charge is -2.32. The molecular weight excluding hydrogens is 661 g/mol. The third-order valence-electron chi connectivity index (χ3n) is 13.0. The van der Waals surface area contributed by atoms with E-state index < -0.39 is 5.41 Å². The summed E-state index contributed by atoms with van der Waals surface area (Å²) in [5, 5.41) is 15.6. The molecule has 0 saturated heterocycles. The molecule has 0 aromatic heterocycles. The van der Waals surface area contributed by atoms with Gasteiger partial charge < -0.3 is 0 Å². The SMILES string of the molecule is c1ccc2c(c1)-c1ccccc1C21c2cc3ccccc3cc2-c2c1c1ccc(-c3ccc4c5ccccc5c5ccccc5c4c3)cc1c1ccccc21. The van der Waals surface area contributed by atoms with Gasteiger partial charge in [0.15, 0.2) is 0 Å². The Morgan fingerprint density at radius 3 is 1.27 bits per heavy atom. The molecular formula is C55H32. The van der Waals surface area contributed by atoms with E-state index in [2.05, 4.69) is 194 Å². The zero-order valence-corrected chi connectivity index (χ0v) is 30.0. The molecule has 0 heterocycles. The van der Waals surface area contributed by atoms with Gasteiger partial charge in [0.05, 0.1) is 5.41 Å². The van der Waals surface area contributed by atoms with E-state index in [9.17, 15) is 0 Å². The van der Waals surface area contributed by atoms with Crippen molar-refractivity contribution in [2.75, 3.05) is 0 Å². The van der Waals surface area contributed by atoms with E-state index >= 15 is 0 Å². The summed E-state index contributed by atoms with van der Waals surface area (Å²) in [7, 11) is 0. The lowest BCUT2D eigenvalue weighted by molar-refractivity contribution is 0.803. The second kappa shape index (κ2) is 10.6. The first-order valence-corrected chi connectivity index (χ1v) is 19.3. The molecule has 0 bridgehead atoms. The Bertz CT molecular complexity index is 3410.